The largest absolute Gasteiger partial charge is 0.353 e. The first-order valence-corrected chi connectivity index (χ1v) is 8.78. The van der Waals surface area contributed by atoms with Crippen LogP contribution in [0.5, 0.6) is 0 Å². The van der Waals surface area contributed by atoms with Gasteiger partial charge in [0.25, 0.3) is 0 Å². The first-order valence-electron chi connectivity index (χ1n) is 8.78. The van der Waals surface area contributed by atoms with Crippen LogP contribution in [0.1, 0.15) is 38.2 Å². The maximum absolute atomic E-state index is 12.3. The predicted octanol–water partition coefficient (Wildman–Crippen LogP) is 3.08. The van der Waals surface area contributed by atoms with Gasteiger partial charge in [-0.1, -0.05) is 31.2 Å². The van der Waals surface area contributed by atoms with E-state index in [0.717, 1.165) is 36.9 Å². The molecule has 5 nitrogen and oxygen atoms in total. The summed E-state index contributed by atoms with van der Waals surface area (Å²) >= 11 is 0. The minimum Gasteiger partial charge on any atom is -0.353 e. The van der Waals surface area contributed by atoms with Gasteiger partial charge in [-0.3, -0.25) is 4.79 Å². The summed E-state index contributed by atoms with van der Waals surface area (Å²) in [5.74, 6) is 0.127. The molecule has 1 saturated carbocycles. The summed E-state index contributed by atoms with van der Waals surface area (Å²) in [6.45, 7) is 2.74. The molecule has 1 unspecified atom stereocenters. The molecule has 24 heavy (non-hydrogen) atoms. The van der Waals surface area contributed by atoms with Crippen LogP contribution in [0.4, 0.5) is 10.5 Å². The van der Waals surface area contributed by atoms with Crippen LogP contribution >= 0.6 is 0 Å². The summed E-state index contributed by atoms with van der Waals surface area (Å²) < 4.78 is 0. The van der Waals surface area contributed by atoms with Crippen LogP contribution in [0.15, 0.2) is 36.4 Å². The number of carbonyl (C=O) groups excluding carboxylic acids is 2. The normalized spacial score (nSPS) is 19.4. The van der Waals surface area contributed by atoms with E-state index in [0.29, 0.717) is 19.0 Å². The van der Waals surface area contributed by atoms with E-state index >= 15 is 0 Å². The van der Waals surface area contributed by atoms with Crippen LogP contribution in [0, 0.1) is 0 Å². The van der Waals surface area contributed by atoms with E-state index in [1.54, 1.807) is 0 Å². The summed E-state index contributed by atoms with van der Waals surface area (Å²) in [5, 5.41) is 5.94. The fourth-order valence-corrected chi connectivity index (χ4v) is 2.90. The average molecular weight is 327 g/mol. The van der Waals surface area contributed by atoms with Gasteiger partial charge in [-0.05, 0) is 43.4 Å². The molecule has 1 fully saturated rings. The Morgan fingerprint density at radius 3 is 2.62 bits per heavy atom. The zero-order valence-corrected chi connectivity index (χ0v) is 14.1. The second kappa shape index (κ2) is 7.51. The fraction of sp³-hybridized carbons (Fsp3) is 0.474. The molecule has 1 aliphatic heterocycles. The molecule has 0 radical (unpaired) electrons. The zero-order chi connectivity index (χ0) is 16.9. The minimum atomic E-state index is -0.0663. The van der Waals surface area contributed by atoms with Crippen molar-refractivity contribution in [1.29, 1.82) is 0 Å². The van der Waals surface area contributed by atoms with Crippen molar-refractivity contribution in [2.24, 2.45) is 0 Å². The Kier molecular flexibility index (Phi) is 5.18. The number of aryl methyl sites for hydroxylation is 1. The Bertz CT molecular complexity index is 620. The summed E-state index contributed by atoms with van der Waals surface area (Å²) in [5.41, 5.74) is 1.89. The molecule has 1 aromatic rings. The van der Waals surface area contributed by atoms with Crippen LogP contribution in [-0.4, -0.2) is 35.5 Å². The van der Waals surface area contributed by atoms with Gasteiger partial charge in [-0.15, -0.1) is 0 Å². The summed E-state index contributed by atoms with van der Waals surface area (Å²) in [7, 11) is 0. The second-order valence-corrected chi connectivity index (χ2v) is 6.52. The number of amides is 3. The highest BCUT2D eigenvalue weighted by Crippen LogP contribution is 2.19. The van der Waals surface area contributed by atoms with Crippen LogP contribution in [0.3, 0.4) is 0 Å². The number of carbonyl (C=O) groups is 2. The number of nitrogens with one attached hydrogen (secondary N) is 2. The molecule has 2 N–H and O–H groups in total. The summed E-state index contributed by atoms with van der Waals surface area (Å²) in [6.07, 6.45) is 8.50. The molecule has 1 aliphatic carbocycles. The van der Waals surface area contributed by atoms with Crippen molar-refractivity contribution in [3.63, 3.8) is 0 Å². The Hall–Kier alpha value is -2.30. The SMILES string of the molecule is CCC1C=CCN1C(=O)Nc1ccc(CCC(=O)NC2CC2)cc1. The molecule has 128 valence electrons. The Balaban J connectivity index is 1.47. The standard InChI is InChI=1S/C19H25N3O2/c1-2-17-4-3-13-22(17)19(24)21-16-8-5-14(6-9-16)7-12-18(23)20-15-10-11-15/h3-6,8-9,15,17H,2,7,10-13H2,1H3,(H,20,23)(H,21,24). The van der Waals surface area contributed by atoms with Gasteiger partial charge in [0.2, 0.25) is 5.91 Å². The lowest BCUT2D eigenvalue weighted by atomic mass is 10.1. The lowest BCUT2D eigenvalue weighted by molar-refractivity contribution is -0.121. The van der Waals surface area contributed by atoms with Crippen molar-refractivity contribution in [2.75, 3.05) is 11.9 Å². The smallest absolute Gasteiger partial charge is 0.322 e. The molecule has 3 amide bonds. The molecule has 3 rings (SSSR count). The maximum atomic E-state index is 12.3. The second-order valence-electron chi connectivity index (χ2n) is 6.52. The predicted molar refractivity (Wildman–Crippen MR) is 94.9 cm³/mol. The van der Waals surface area contributed by atoms with Gasteiger partial charge >= 0.3 is 6.03 Å². The Morgan fingerprint density at radius 2 is 1.96 bits per heavy atom. The van der Waals surface area contributed by atoms with Crippen LogP contribution in [-0.2, 0) is 11.2 Å². The van der Waals surface area contributed by atoms with E-state index in [1.807, 2.05) is 35.2 Å². The van der Waals surface area contributed by atoms with E-state index in [2.05, 4.69) is 23.6 Å². The molecule has 5 heteroatoms. The maximum Gasteiger partial charge on any atom is 0.322 e. The first kappa shape index (κ1) is 16.6. The zero-order valence-electron chi connectivity index (χ0n) is 14.1. The topological polar surface area (TPSA) is 61.4 Å². The number of anilines is 1. The molecule has 2 aliphatic rings. The van der Waals surface area contributed by atoms with E-state index in [1.165, 1.54) is 0 Å². The Labute approximate surface area is 143 Å². The molecule has 0 saturated heterocycles. The number of nitrogens with zero attached hydrogens (tertiary/aromatic N) is 1. The van der Waals surface area contributed by atoms with E-state index in [-0.39, 0.29) is 18.0 Å². The number of hydrogen-bond donors (Lipinski definition) is 2. The molecule has 1 aromatic carbocycles. The molecule has 1 heterocycles. The van der Waals surface area contributed by atoms with Gasteiger partial charge in [0.05, 0.1) is 6.04 Å². The van der Waals surface area contributed by atoms with Crippen molar-refractivity contribution in [2.45, 2.75) is 51.1 Å². The van der Waals surface area contributed by atoms with E-state index in [4.69, 9.17) is 0 Å². The summed E-state index contributed by atoms with van der Waals surface area (Å²) in [4.78, 5) is 25.8. The quantitative estimate of drug-likeness (QED) is 0.789. The van der Waals surface area contributed by atoms with Crippen LogP contribution in [0.2, 0.25) is 0 Å². The average Bonchev–Trinajstić information content (AvgIpc) is 3.26. The highest BCUT2D eigenvalue weighted by atomic mass is 16.2. The highest BCUT2D eigenvalue weighted by molar-refractivity contribution is 5.90. The van der Waals surface area contributed by atoms with Crippen LogP contribution < -0.4 is 10.6 Å². The number of hydrogen-bond acceptors (Lipinski definition) is 2. The lowest BCUT2D eigenvalue weighted by Crippen LogP contribution is -2.38. The molecule has 0 bridgehead atoms. The van der Waals surface area contributed by atoms with Gasteiger partial charge in [0, 0.05) is 24.7 Å². The minimum absolute atomic E-state index is 0.0663. The molecule has 0 spiro atoms. The van der Waals surface area contributed by atoms with Crippen molar-refractivity contribution in [3.8, 4) is 0 Å². The number of urea groups is 1. The third kappa shape index (κ3) is 4.37. The van der Waals surface area contributed by atoms with Crippen LogP contribution in [0.25, 0.3) is 0 Å². The van der Waals surface area contributed by atoms with Crippen molar-refractivity contribution in [1.82, 2.24) is 10.2 Å². The molecule has 1 atom stereocenters. The van der Waals surface area contributed by atoms with Gasteiger partial charge in [0.15, 0.2) is 0 Å². The fourth-order valence-electron chi connectivity index (χ4n) is 2.90. The van der Waals surface area contributed by atoms with Crippen molar-refractivity contribution < 1.29 is 9.59 Å². The van der Waals surface area contributed by atoms with Gasteiger partial charge in [-0.25, -0.2) is 4.79 Å². The monoisotopic (exact) mass is 327 g/mol. The number of rotatable bonds is 6. The van der Waals surface area contributed by atoms with Gasteiger partial charge in [0.1, 0.15) is 0 Å². The van der Waals surface area contributed by atoms with Crippen molar-refractivity contribution >= 4 is 17.6 Å². The van der Waals surface area contributed by atoms with Crippen molar-refractivity contribution in [3.05, 3.63) is 42.0 Å². The van der Waals surface area contributed by atoms with Gasteiger partial charge in [-0.2, -0.15) is 0 Å². The number of benzene rings is 1. The molecular weight excluding hydrogens is 302 g/mol. The lowest BCUT2D eigenvalue weighted by Gasteiger charge is -2.23. The third-order valence-electron chi connectivity index (χ3n) is 4.53. The van der Waals surface area contributed by atoms with E-state index in [9.17, 15) is 9.59 Å². The molecular formula is C19H25N3O2. The Morgan fingerprint density at radius 1 is 1.21 bits per heavy atom. The first-order chi connectivity index (χ1) is 11.7. The summed E-state index contributed by atoms with van der Waals surface area (Å²) in [6, 6.07) is 8.28. The third-order valence-corrected chi connectivity index (χ3v) is 4.53. The molecule has 0 aromatic heterocycles. The highest BCUT2D eigenvalue weighted by Gasteiger charge is 2.23. The van der Waals surface area contributed by atoms with E-state index < -0.39 is 0 Å². The van der Waals surface area contributed by atoms with Gasteiger partial charge < -0.3 is 15.5 Å².